The summed E-state index contributed by atoms with van der Waals surface area (Å²) in [5, 5.41) is 3.22. The number of hydrogen-bond donors (Lipinski definition) is 2. The Labute approximate surface area is 240 Å². The van der Waals surface area contributed by atoms with Crippen LogP contribution in [0.1, 0.15) is 58.5 Å². The third kappa shape index (κ3) is 5.10. The van der Waals surface area contributed by atoms with Crippen molar-refractivity contribution in [2.45, 2.75) is 63.6 Å². The second-order valence-corrected chi connectivity index (χ2v) is 11.6. The molecular formula is C30H32F2N6O4. The summed E-state index contributed by atoms with van der Waals surface area (Å²) >= 11 is 0. The zero-order valence-corrected chi connectivity index (χ0v) is 23.2. The summed E-state index contributed by atoms with van der Waals surface area (Å²) in [5.41, 5.74) is 7.17. The van der Waals surface area contributed by atoms with Crippen LogP contribution in [0.5, 0.6) is 0 Å². The molecule has 2 aliphatic heterocycles. The second kappa shape index (κ2) is 10.5. The molecule has 0 radical (unpaired) electrons. The molecule has 1 aliphatic carbocycles. The molecule has 0 unspecified atom stereocenters. The van der Waals surface area contributed by atoms with E-state index in [9.17, 15) is 28.0 Å². The van der Waals surface area contributed by atoms with Crippen molar-refractivity contribution in [2.75, 3.05) is 18.4 Å². The lowest BCUT2D eigenvalue weighted by atomic mass is 9.97. The van der Waals surface area contributed by atoms with Crippen molar-refractivity contribution in [3.05, 3.63) is 59.4 Å². The molecule has 3 aromatic rings. The third-order valence-corrected chi connectivity index (χ3v) is 8.66. The molecule has 2 aromatic heterocycles. The number of pyridine rings is 1. The molecule has 3 aliphatic rings. The van der Waals surface area contributed by atoms with Crippen LogP contribution >= 0.6 is 0 Å². The van der Waals surface area contributed by atoms with Crippen LogP contribution in [-0.4, -0.2) is 74.1 Å². The molecule has 1 saturated carbocycles. The number of nitrogens with zero attached hydrogens (tertiary/aromatic N) is 4. The number of primary amides is 1. The summed E-state index contributed by atoms with van der Waals surface area (Å²) in [6.45, 7) is 1.24. The number of amides is 4. The van der Waals surface area contributed by atoms with Gasteiger partial charge in [-0.15, -0.1) is 0 Å². The highest BCUT2D eigenvalue weighted by Gasteiger charge is 2.51. The SMILES string of the molecule is Cc1cccc(NC(=O)[C@@H]2[C@H]3CC[C@H](C3)N2C(=O)Cn2cc(C(N)=O)c3cc(C(=O)N4CCCC(F)(F)C4)ccc32)n1. The molecule has 6 rings (SSSR count). The predicted octanol–water partition coefficient (Wildman–Crippen LogP) is 3.33. The van der Waals surface area contributed by atoms with Crippen LogP contribution in [0.15, 0.2) is 42.6 Å². The fraction of sp³-hybridized carbons (Fsp3) is 0.433. The smallest absolute Gasteiger partial charge is 0.265 e. The number of aromatic nitrogens is 2. The van der Waals surface area contributed by atoms with Crippen LogP contribution in [0.4, 0.5) is 14.6 Å². The average molecular weight is 579 g/mol. The molecule has 2 bridgehead atoms. The van der Waals surface area contributed by atoms with Crippen molar-refractivity contribution in [3.63, 3.8) is 0 Å². The highest BCUT2D eigenvalue weighted by molar-refractivity contribution is 6.09. The quantitative estimate of drug-likeness (QED) is 0.464. The lowest BCUT2D eigenvalue weighted by molar-refractivity contribution is -0.141. The normalized spacial score (nSPS) is 22.9. The minimum atomic E-state index is -2.94. The number of alkyl halides is 2. The lowest BCUT2D eigenvalue weighted by Crippen LogP contribution is -2.51. The fourth-order valence-electron chi connectivity index (χ4n) is 6.80. The number of fused-ring (bicyclic) bond motifs is 3. The van der Waals surface area contributed by atoms with Crippen LogP contribution in [-0.2, 0) is 16.1 Å². The van der Waals surface area contributed by atoms with Crippen LogP contribution < -0.4 is 11.1 Å². The molecule has 220 valence electrons. The van der Waals surface area contributed by atoms with Gasteiger partial charge < -0.3 is 25.4 Å². The Balaban J connectivity index is 1.25. The van der Waals surface area contributed by atoms with Gasteiger partial charge in [0, 0.05) is 47.4 Å². The maximum absolute atomic E-state index is 13.9. The van der Waals surface area contributed by atoms with Crippen molar-refractivity contribution in [2.24, 2.45) is 11.7 Å². The van der Waals surface area contributed by atoms with E-state index < -0.39 is 30.3 Å². The number of rotatable bonds is 6. The summed E-state index contributed by atoms with van der Waals surface area (Å²) in [7, 11) is 0. The van der Waals surface area contributed by atoms with Crippen molar-refractivity contribution in [1.29, 1.82) is 0 Å². The number of halogens is 2. The first-order chi connectivity index (χ1) is 20.0. The maximum atomic E-state index is 13.9. The number of hydrogen-bond acceptors (Lipinski definition) is 5. The van der Waals surface area contributed by atoms with Crippen LogP contribution in [0.25, 0.3) is 10.9 Å². The highest BCUT2D eigenvalue weighted by atomic mass is 19.3. The molecule has 1 aromatic carbocycles. The Kier molecular flexibility index (Phi) is 6.94. The summed E-state index contributed by atoms with van der Waals surface area (Å²) in [6.07, 6.45) is 3.81. The van der Waals surface area contributed by atoms with Crippen LogP contribution in [0.2, 0.25) is 0 Å². The van der Waals surface area contributed by atoms with Crippen molar-refractivity contribution >= 4 is 40.3 Å². The number of aryl methyl sites for hydroxylation is 1. The Morgan fingerprint density at radius 2 is 1.95 bits per heavy atom. The molecule has 42 heavy (non-hydrogen) atoms. The molecule has 4 heterocycles. The monoisotopic (exact) mass is 578 g/mol. The zero-order valence-electron chi connectivity index (χ0n) is 23.2. The van der Waals surface area contributed by atoms with Crippen LogP contribution in [0.3, 0.4) is 0 Å². The highest BCUT2D eigenvalue weighted by Crippen LogP contribution is 2.43. The molecule has 3 fully saturated rings. The van der Waals surface area contributed by atoms with Gasteiger partial charge in [0.05, 0.1) is 12.1 Å². The van der Waals surface area contributed by atoms with Crippen molar-refractivity contribution < 1.29 is 28.0 Å². The van der Waals surface area contributed by atoms with Crippen molar-refractivity contribution in [3.8, 4) is 0 Å². The van der Waals surface area contributed by atoms with Gasteiger partial charge in [0.1, 0.15) is 18.4 Å². The molecule has 2 saturated heterocycles. The van der Waals surface area contributed by atoms with E-state index in [2.05, 4.69) is 10.3 Å². The van der Waals surface area contributed by atoms with Gasteiger partial charge in [-0.3, -0.25) is 19.2 Å². The van der Waals surface area contributed by atoms with Gasteiger partial charge in [0.2, 0.25) is 11.8 Å². The number of anilines is 1. The number of nitrogens with two attached hydrogens (primary N) is 1. The van der Waals surface area contributed by atoms with Gasteiger partial charge in [-0.1, -0.05) is 6.07 Å². The van der Waals surface area contributed by atoms with E-state index in [4.69, 9.17) is 5.73 Å². The number of carbonyl (C=O) groups is 4. The number of benzene rings is 1. The van der Waals surface area contributed by atoms with Gasteiger partial charge in [-0.25, -0.2) is 13.8 Å². The Hall–Kier alpha value is -4.35. The Bertz CT molecular complexity index is 1600. The van der Waals surface area contributed by atoms with E-state index in [1.165, 1.54) is 18.3 Å². The van der Waals surface area contributed by atoms with Gasteiger partial charge >= 0.3 is 0 Å². The first-order valence-electron chi connectivity index (χ1n) is 14.2. The first-order valence-corrected chi connectivity index (χ1v) is 14.2. The number of carbonyl (C=O) groups excluding carboxylic acids is 4. The summed E-state index contributed by atoms with van der Waals surface area (Å²) in [4.78, 5) is 59.6. The lowest BCUT2D eigenvalue weighted by Gasteiger charge is -2.34. The summed E-state index contributed by atoms with van der Waals surface area (Å²) < 4.78 is 29.5. The van der Waals surface area contributed by atoms with E-state index in [-0.39, 0.29) is 60.8 Å². The molecule has 12 heteroatoms. The standard InChI is InChI=1S/C30H32F2N6O4/c1-17-4-2-5-24(34-17)35-28(41)26-18-6-8-20(12-18)38(26)25(39)15-37-14-22(27(33)40)21-13-19(7-9-23(21)37)29(42)36-11-3-10-30(31,32)16-36/h2,4-5,7,9,13-14,18,20,26H,3,6,8,10-12,15-16H2,1H3,(H2,33,40)(H,34,35,41)/t18-,20+,26-/m0/s1. The number of piperidine rings is 2. The van der Waals surface area contributed by atoms with Gasteiger partial charge in [-0.2, -0.15) is 0 Å². The van der Waals surface area contributed by atoms with Crippen LogP contribution in [0, 0.1) is 12.8 Å². The third-order valence-electron chi connectivity index (χ3n) is 8.66. The largest absolute Gasteiger partial charge is 0.366 e. The van der Waals surface area contributed by atoms with E-state index in [1.807, 2.05) is 13.0 Å². The van der Waals surface area contributed by atoms with Gasteiger partial charge in [0.25, 0.3) is 17.7 Å². The molecular weight excluding hydrogens is 546 g/mol. The maximum Gasteiger partial charge on any atom is 0.265 e. The second-order valence-electron chi connectivity index (χ2n) is 11.6. The molecule has 3 atom stereocenters. The zero-order chi connectivity index (χ0) is 29.8. The molecule has 10 nitrogen and oxygen atoms in total. The summed E-state index contributed by atoms with van der Waals surface area (Å²) in [5.74, 6) is -4.33. The van der Waals surface area contributed by atoms with Gasteiger partial charge in [-0.05, 0) is 68.9 Å². The van der Waals surface area contributed by atoms with Crippen molar-refractivity contribution in [1.82, 2.24) is 19.4 Å². The topological polar surface area (TPSA) is 131 Å². The minimum absolute atomic E-state index is 0.0436. The van der Waals surface area contributed by atoms with E-state index in [0.29, 0.717) is 16.7 Å². The fourth-order valence-corrected chi connectivity index (χ4v) is 6.80. The van der Waals surface area contributed by atoms with E-state index in [0.717, 1.165) is 29.9 Å². The molecule has 0 spiro atoms. The molecule has 4 amide bonds. The average Bonchev–Trinajstić information content (AvgIpc) is 3.65. The Morgan fingerprint density at radius 3 is 2.69 bits per heavy atom. The number of nitrogens with one attached hydrogen (secondary N) is 1. The summed E-state index contributed by atoms with van der Waals surface area (Å²) in [6, 6.07) is 9.20. The van der Waals surface area contributed by atoms with Gasteiger partial charge in [0.15, 0.2) is 0 Å². The number of likely N-dealkylation sites (tertiary alicyclic amines) is 2. The Morgan fingerprint density at radius 1 is 1.14 bits per heavy atom. The minimum Gasteiger partial charge on any atom is -0.366 e. The van der Waals surface area contributed by atoms with E-state index in [1.54, 1.807) is 27.7 Å². The first kappa shape index (κ1) is 27.8. The predicted molar refractivity (Wildman–Crippen MR) is 150 cm³/mol. The molecule has 3 N–H and O–H groups in total. The van der Waals surface area contributed by atoms with E-state index >= 15 is 0 Å².